The predicted molar refractivity (Wildman–Crippen MR) is 77.5 cm³/mol. The number of carbonyl (C=O) groups is 1. The van der Waals surface area contributed by atoms with Crippen LogP contribution in [0.2, 0.25) is 0 Å². The number of halogens is 3. The van der Waals surface area contributed by atoms with E-state index in [-0.39, 0.29) is 12.0 Å². The van der Waals surface area contributed by atoms with E-state index >= 15 is 0 Å². The molecule has 0 amide bonds. The molecule has 1 aromatic rings. The Morgan fingerprint density at radius 1 is 1.36 bits per heavy atom. The lowest BCUT2D eigenvalue weighted by Crippen LogP contribution is -2.17. The van der Waals surface area contributed by atoms with Crippen LogP contribution in [0.15, 0.2) is 36.4 Å². The number of ether oxygens (including phenoxy) is 1. The van der Waals surface area contributed by atoms with Gasteiger partial charge in [-0.05, 0) is 42.2 Å². The van der Waals surface area contributed by atoms with Crippen molar-refractivity contribution >= 4 is 11.5 Å². The van der Waals surface area contributed by atoms with Gasteiger partial charge in [-0.25, -0.2) is 0 Å². The summed E-state index contributed by atoms with van der Waals surface area (Å²) in [5.74, 6) is -1.55. The highest BCUT2D eigenvalue weighted by molar-refractivity contribution is 5.80. The lowest BCUT2D eigenvalue weighted by Gasteiger charge is -2.14. The predicted octanol–water partition coefficient (Wildman–Crippen LogP) is 4.58. The van der Waals surface area contributed by atoms with E-state index < -0.39 is 18.1 Å². The molecule has 0 unspecified atom stereocenters. The van der Waals surface area contributed by atoms with Gasteiger partial charge in [0.15, 0.2) is 0 Å². The van der Waals surface area contributed by atoms with E-state index in [0.717, 1.165) is 11.6 Å². The van der Waals surface area contributed by atoms with Crippen LogP contribution >= 0.6 is 0 Å². The van der Waals surface area contributed by atoms with Crippen LogP contribution in [-0.2, 0) is 11.2 Å². The van der Waals surface area contributed by atoms with Crippen LogP contribution < -0.4 is 4.74 Å². The molecule has 0 saturated carbocycles. The summed E-state index contributed by atoms with van der Waals surface area (Å²) >= 11 is 0. The van der Waals surface area contributed by atoms with Crippen LogP contribution in [-0.4, -0.2) is 17.4 Å². The minimum Gasteiger partial charge on any atom is -0.481 e. The second-order valence-electron chi connectivity index (χ2n) is 4.50. The molecule has 120 valence electrons. The van der Waals surface area contributed by atoms with Crippen molar-refractivity contribution in [3.8, 4) is 5.75 Å². The second-order valence-corrected chi connectivity index (χ2v) is 4.50. The first-order valence-electron chi connectivity index (χ1n) is 6.70. The molecule has 1 rings (SSSR count). The largest absolute Gasteiger partial charge is 0.573 e. The topological polar surface area (TPSA) is 46.5 Å². The summed E-state index contributed by atoms with van der Waals surface area (Å²) in [6.07, 6.45) is 0.967. The summed E-state index contributed by atoms with van der Waals surface area (Å²) in [5.41, 5.74) is 1.61. The van der Waals surface area contributed by atoms with Crippen molar-refractivity contribution in [2.75, 3.05) is 0 Å². The second kappa shape index (κ2) is 7.68. The fourth-order valence-corrected chi connectivity index (χ4v) is 2.03. The van der Waals surface area contributed by atoms with Crippen molar-refractivity contribution in [2.24, 2.45) is 0 Å². The van der Waals surface area contributed by atoms with E-state index in [1.807, 2.05) is 19.9 Å². The molecule has 0 bridgehead atoms. The van der Waals surface area contributed by atoms with Gasteiger partial charge in [-0.3, -0.25) is 4.79 Å². The molecule has 22 heavy (non-hydrogen) atoms. The van der Waals surface area contributed by atoms with Crippen molar-refractivity contribution in [3.05, 3.63) is 47.6 Å². The third-order valence-electron chi connectivity index (χ3n) is 2.73. The van der Waals surface area contributed by atoms with Crippen LogP contribution in [0.4, 0.5) is 13.2 Å². The Hall–Kier alpha value is -2.24. The smallest absolute Gasteiger partial charge is 0.481 e. The number of hydrogen-bond donors (Lipinski definition) is 1. The van der Waals surface area contributed by atoms with Crippen molar-refractivity contribution in [1.82, 2.24) is 0 Å². The van der Waals surface area contributed by atoms with Gasteiger partial charge in [0.1, 0.15) is 5.75 Å². The quantitative estimate of drug-likeness (QED) is 0.782. The maximum absolute atomic E-state index is 12.3. The first kappa shape index (κ1) is 17.8. The van der Waals surface area contributed by atoms with Crippen LogP contribution in [0.25, 0.3) is 5.57 Å². The third-order valence-corrected chi connectivity index (χ3v) is 2.73. The first-order valence-corrected chi connectivity index (χ1v) is 6.70. The number of benzene rings is 1. The highest BCUT2D eigenvalue weighted by Crippen LogP contribution is 2.29. The number of carboxylic acids is 1. The fourth-order valence-electron chi connectivity index (χ4n) is 2.03. The van der Waals surface area contributed by atoms with Gasteiger partial charge in [0.2, 0.25) is 0 Å². The van der Waals surface area contributed by atoms with E-state index in [1.165, 1.54) is 12.1 Å². The van der Waals surface area contributed by atoms with E-state index in [1.54, 1.807) is 12.2 Å². The summed E-state index contributed by atoms with van der Waals surface area (Å²) in [7, 11) is 0. The molecule has 1 N–H and O–H groups in total. The van der Waals surface area contributed by atoms with E-state index in [4.69, 9.17) is 5.11 Å². The molecular formula is C16H17F3O3. The van der Waals surface area contributed by atoms with Gasteiger partial charge in [0.05, 0.1) is 6.42 Å². The average molecular weight is 314 g/mol. The maximum atomic E-state index is 12.3. The number of hydrogen-bond acceptors (Lipinski definition) is 2. The molecule has 1 aromatic carbocycles. The van der Waals surface area contributed by atoms with Gasteiger partial charge in [-0.1, -0.05) is 31.2 Å². The Morgan fingerprint density at radius 2 is 2.05 bits per heavy atom. The summed E-state index contributed by atoms with van der Waals surface area (Å²) < 4.78 is 40.7. The molecular weight excluding hydrogens is 297 g/mol. The molecule has 0 aliphatic heterocycles. The number of alkyl halides is 3. The molecule has 0 saturated heterocycles. The zero-order valence-corrected chi connectivity index (χ0v) is 12.3. The van der Waals surface area contributed by atoms with Gasteiger partial charge >= 0.3 is 12.3 Å². The number of rotatable bonds is 6. The monoisotopic (exact) mass is 314 g/mol. The van der Waals surface area contributed by atoms with Crippen molar-refractivity contribution in [3.63, 3.8) is 0 Å². The normalized spacial score (nSPS) is 12.7. The SMILES string of the molecule is C/C=C\C(=C/CC)c1ccc(OC(F)(F)F)cc1CC(=O)O. The van der Waals surface area contributed by atoms with Gasteiger partial charge in [-0.2, -0.15) is 0 Å². The maximum Gasteiger partial charge on any atom is 0.573 e. The van der Waals surface area contributed by atoms with Crippen LogP contribution in [0.5, 0.6) is 5.75 Å². The molecule has 0 fully saturated rings. The Labute approximate surface area is 126 Å². The lowest BCUT2D eigenvalue weighted by molar-refractivity contribution is -0.274. The molecule has 0 radical (unpaired) electrons. The summed E-state index contributed by atoms with van der Waals surface area (Å²) in [5, 5.41) is 8.96. The van der Waals surface area contributed by atoms with Gasteiger partial charge in [0.25, 0.3) is 0 Å². The van der Waals surface area contributed by atoms with Crippen LogP contribution in [0.3, 0.4) is 0 Å². The van der Waals surface area contributed by atoms with Gasteiger partial charge < -0.3 is 9.84 Å². The van der Waals surface area contributed by atoms with Crippen molar-refractivity contribution in [1.29, 1.82) is 0 Å². The minimum atomic E-state index is -4.81. The average Bonchev–Trinajstić information content (AvgIpc) is 2.36. The molecule has 6 heteroatoms. The van der Waals surface area contributed by atoms with Crippen LogP contribution in [0, 0.1) is 0 Å². The Morgan fingerprint density at radius 3 is 2.55 bits per heavy atom. The number of carboxylic acid groups (broad SMARTS) is 1. The molecule has 3 nitrogen and oxygen atoms in total. The molecule has 0 aliphatic rings. The van der Waals surface area contributed by atoms with Crippen molar-refractivity contribution < 1.29 is 27.8 Å². The summed E-state index contributed by atoms with van der Waals surface area (Å²) in [6, 6.07) is 3.74. The Balaban J connectivity index is 3.32. The standard InChI is InChI=1S/C16H17F3O3/c1-3-5-11(6-4-2)14-8-7-13(22-16(17,18)19)9-12(14)10-15(20)21/h3,5-9H,4,10H2,1-2H3,(H,20,21)/b5-3-,11-6+. The van der Waals surface area contributed by atoms with Gasteiger partial charge in [0, 0.05) is 0 Å². The number of aliphatic carboxylic acids is 1. The minimum absolute atomic E-state index is 0.270. The third kappa shape index (κ3) is 5.63. The van der Waals surface area contributed by atoms with E-state index in [0.29, 0.717) is 12.0 Å². The molecule has 0 aromatic heterocycles. The van der Waals surface area contributed by atoms with Crippen molar-refractivity contribution in [2.45, 2.75) is 33.1 Å². The highest BCUT2D eigenvalue weighted by Gasteiger charge is 2.31. The highest BCUT2D eigenvalue weighted by atomic mass is 19.4. The number of allylic oxidation sites excluding steroid dienone is 4. The zero-order valence-electron chi connectivity index (χ0n) is 12.3. The molecule has 0 spiro atoms. The molecule has 0 heterocycles. The summed E-state index contributed by atoms with van der Waals surface area (Å²) in [4.78, 5) is 11.0. The fraction of sp³-hybridized carbons (Fsp3) is 0.312. The molecule has 0 atom stereocenters. The molecule has 0 aliphatic carbocycles. The Kier molecular flexibility index (Phi) is 6.22. The van der Waals surface area contributed by atoms with E-state index in [2.05, 4.69) is 4.74 Å². The lowest BCUT2D eigenvalue weighted by atomic mass is 9.96. The zero-order chi connectivity index (χ0) is 16.8. The first-order chi connectivity index (χ1) is 10.3. The van der Waals surface area contributed by atoms with E-state index in [9.17, 15) is 18.0 Å². The Bertz CT molecular complexity index is 587. The summed E-state index contributed by atoms with van der Waals surface area (Å²) in [6.45, 7) is 3.73. The van der Waals surface area contributed by atoms with Gasteiger partial charge in [-0.15, -0.1) is 13.2 Å². The van der Waals surface area contributed by atoms with Crippen LogP contribution in [0.1, 0.15) is 31.4 Å².